The Labute approximate surface area is 191 Å². The summed E-state index contributed by atoms with van der Waals surface area (Å²) in [7, 11) is 6.98. The molecular weight excluding hydrogens is 428 g/mol. The minimum absolute atomic E-state index is 0.0916. The van der Waals surface area contributed by atoms with Crippen LogP contribution in [0.2, 0.25) is 0 Å². The predicted molar refractivity (Wildman–Crippen MR) is 122 cm³/mol. The molecule has 0 saturated heterocycles. The fraction of sp³-hybridized carbons (Fsp3) is 0.478. The van der Waals surface area contributed by atoms with Crippen molar-refractivity contribution in [2.75, 3.05) is 38.8 Å². The summed E-state index contributed by atoms with van der Waals surface area (Å²) >= 11 is 0. The molecule has 4 rings (SSSR count). The number of carbonyl (C=O) groups excluding carboxylic acids is 2. The number of amides is 1. The number of hydrogen-bond acceptors (Lipinski definition) is 9. The average Bonchev–Trinajstić information content (AvgIpc) is 2.72. The van der Waals surface area contributed by atoms with Crippen LogP contribution in [0.4, 0.5) is 11.4 Å². The van der Waals surface area contributed by atoms with Gasteiger partial charge in [0.1, 0.15) is 22.8 Å². The number of aliphatic hydroxyl groups is 3. The van der Waals surface area contributed by atoms with Crippen LogP contribution in [0.3, 0.4) is 0 Å². The van der Waals surface area contributed by atoms with Crippen LogP contribution in [0.15, 0.2) is 28.7 Å². The number of nitrogens with two attached hydrogens (primary N) is 2. The van der Waals surface area contributed by atoms with E-state index in [1.165, 1.54) is 0 Å². The van der Waals surface area contributed by atoms with Gasteiger partial charge in [-0.2, -0.15) is 0 Å². The van der Waals surface area contributed by atoms with E-state index < -0.39 is 46.3 Å². The summed E-state index contributed by atoms with van der Waals surface area (Å²) in [6.07, 6.45) is 0.792. The zero-order chi connectivity index (χ0) is 24.6. The van der Waals surface area contributed by atoms with Crippen LogP contribution < -0.4 is 16.4 Å². The first kappa shape index (κ1) is 22.9. The number of hydrogen-bond donors (Lipinski definition) is 6. The fourth-order valence-electron chi connectivity index (χ4n) is 5.81. The molecule has 0 fully saturated rings. The van der Waals surface area contributed by atoms with Crippen molar-refractivity contribution in [2.24, 2.45) is 17.6 Å². The lowest BCUT2D eigenvalue weighted by molar-refractivity contribution is -0.136. The van der Waals surface area contributed by atoms with Gasteiger partial charge in [-0.15, -0.1) is 0 Å². The predicted octanol–water partition coefficient (Wildman–Crippen LogP) is 0.129. The highest BCUT2D eigenvalue weighted by Crippen LogP contribution is 2.54. The van der Waals surface area contributed by atoms with Crippen LogP contribution in [0.5, 0.6) is 5.75 Å². The number of carbonyl (C=O) groups is 2. The molecule has 178 valence electrons. The number of primary amides is 1. The van der Waals surface area contributed by atoms with E-state index in [-0.39, 0.29) is 30.2 Å². The summed E-state index contributed by atoms with van der Waals surface area (Å²) in [5.74, 6) is -4.57. The molecule has 1 amide bonds. The third-order valence-corrected chi connectivity index (χ3v) is 7.35. The van der Waals surface area contributed by atoms with Crippen molar-refractivity contribution in [3.63, 3.8) is 0 Å². The first-order valence-electron chi connectivity index (χ1n) is 10.7. The number of aliphatic hydroxyl groups excluding tert-OH is 2. The van der Waals surface area contributed by atoms with Crippen molar-refractivity contribution < 1.29 is 30.0 Å². The fourth-order valence-corrected chi connectivity index (χ4v) is 5.81. The lowest BCUT2D eigenvalue weighted by Gasteiger charge is -2.50. The second-order valence-electron chi connectivity index (χ2n) is 9.61. The number of allylic oxidation sites excluding steroid dienone is 1. The zero-order valence-electron chi connectivity index (χ0n) is 19.1. The number of ketones is 1. The highest BCUT2D eigenvalue weighted by molar-refractivity contribution is 6.22. The molecule has 0 spiro atoms. The number of nitrogen functional groups attached to an aromatic ring is 1. The Hall–Kier alpha value is -3.24. The van der Waals surface area contributed by atoms with Crippen molar-refractivity contribution in [1.29, 1.82) is 0 Å². The number of aromatic hydroxyl groups is 1. The van der Waals surface area contributed by atoms with E-state index in [0.717, 1.165) is 11.3 Å². The van der Waals surface area contributed by atoms with Crippen LogP contribution in [-0.2, 0) is 22.4 Å². The van der Waals surface area contributed by atoms with Crippen LogP contribution in [0, 0.1) is 11.8 Å². The maximum atomic E-state index is 13.1. The number of likely N-dealkylation sites (N-methyl/N-ethyl adjacent to an activating group) is 1. The van der Waals surface area contributed by atoms with Gasteiger partial charge in [-0.1, -0.05) is 0 Å². The lowest BCUT2D eigenvalue weighted by atomic mass is 9.59. The van der Waals surface area contributed by atoms with E-state index in [4.69, 9.17) is 11.5 Å². The molecule has 1 aromatic rings. The van der Waals surface area contributed by atoms with E-state index >= 15 is 0 Å². The van der Waals surface area contributed by atoms with Crippen molar-refractivity contribution in [3.8, 4) is 5.75 Å². The molecule has 1 aromatic carbocycles. The minimum Gasteiger partial charge on any atom is -0.509 e. The smallest absolute Gasteiger partial charge is 0.255 e. The average molecular weight is 459 g/mol. The molecule has 0 saturated carbocycles. The summed E-state index contributed by atoms with van der Waals surface area (Å²) in [5, 5.41) is 44.5. The number of Topliss-reactive ketones (excluding diaryl/α,β-unsaturated/α-hetero) is 1. The number of nitrogens with zero attached hydrogens (tertiary/aromatic N) is 2. The molecule has 3 aliphatic carbocycles. The Balaban J connectivity index is 1.96. The van der Waals surface area contributed by atoms with Gasteiger partial charge in [-0.25, -0.2) is 0 Å². The normalized spacial score (nSPS) is 29.0. The number of benzene rings is 1. The van der Waals surface area contributed by atoms with Gasteiger partial charge in [0.2, 0.25) is 0 Å². The molecular formula is C23H30N4O6. The van der Waals surface area contributed by atoms with Crippen LogP contribution in [0.1, 0.15) is 17.5 Å². The molecule has 0 aromatic heterocycles. The van der Waals surface area contributed by atoms with Gasteiger partial charge in [0, 0.05) is 37.7 Å². The summed E-state index contributed by atoms with van der Waals surface area (Å²) in [4.78, 5) is 28.5. The Bertz CT molecular complexity index is 1140. The molecule has 0 bridgehead atoms. The topological polar surface area (TPSA) is 174 Å². The Morgan fingerprint density at radius 2 is 1.76 bits per heavy atom. The van der Waals surface area contributed by atoms with Crippen LogP contribution >= 0.6 is 0 Å². The van der Waals surface area contributed by atoms with Crippen LogP contribution in [0.25, 0.3) is 0 Å². The highest BCUT2D eigenvalue weighted by Gasteiger charge is 2.61. The maximum absolute atomic E-state index is 13.1. The molecule has 1 unspecified atom stereocenters. The zero-order valence-corrected chi connectivity index (χ0v) is 19.1. The molecule has 0 heterocycles. The third kappa shape index (κ3) is 3.01. The molecule has 3 aliphatic rings. The van der Waals surface area contributed by atoms with Crippen LogP contribution in [-0.4, -0.2) is 76.9 Å². The standard InChI is InChI=1S/C23H30N4O6/c1-26(2)15-8-14(24)18(28)12-7-10-9(5-11(12)15)6-13-17(27(3)4)19(29)16(22(25)32)21(31)23(13,33)20(10)30/h8-9,13,17,28,30-31,33H,5-7,24H2,1-4H3,(H2,25,32)/t9-,13?,17-,23-/m1/s1. The monoisotopic (exact) mass is 458 g/mol. The molecule has 8 N–H and O–H groups in total. The van der Waals surface area contributed by atoms with Crippen molar-refractivity contribution in [2.45, 2.75) is 30.9 Å². The van der Waals surface area contributed by atoms with Gasteiger partial charge in [0.15, 0.2) is 11.4 Å². The van der Waals surface area contributed by atoms with E-state index in [2.05, 4.69) is 0 Å². The number of fused-ring (bicyclic) bond motifs is 3. The first-order chi connectivity index (χ1) is 15.3. The minimum atomic E-state index is -2.35. The van der Waals surface area contributed by atoms with E-state index in [9.17, 15) is 30.0 Å². The number of rotatable bonds is 3. The van der Waals surface area contributed by atoms with Gasteiger partial charge in [0.25, 0.3) is 5.91 Å². The molecule has 10 nitrogen and oxygen atoms in total. The van der Waals surface area contributed by atoms with E-state index in [1.807, 2.05) is 19.0 Å². The van der Waals surface area contributed by atoms with Gasteiger partial charge in [-0.05, 0) is 50.1 Å². The Kier molecular flexibility index (Phi) is 5.14. The van der Waals surface area contributed by atoms with Gasteiger partial charge >= 0.3 is 0 Å². The third-order valence-electron chi connectivity index (χ3n) is 7.35. The van der Waals surface area contributed by atoms with Gasteiger partial charge < -0.3 is 36.8 Å². The van der Waals surface area contributed by atoms with Crippen molar-refractivity contribution in [1.82, 2.24) is 4.90 Å². The second-order valence-corrected chi connectivity index (χ2v) is 9.61. The molecule has 4 atom stereocenters. The number of anilines is 2. The second kappa shape index (κ2) is 7.39. The Morgan fingerprint density at radius 3 is 2.30 bits per heavy atom. The largest absolute Gasteiger partial charge is 0.509 e. The number of phenols is 1. The summed E-state index contributed by atoms with van der Waals surface area (Å²) < 4.78 is 0. The molecule has 0 radical (unpaired) electrons. The summed E-state index contributed by atoms with van der Waals surface area (Å²) in [6.45, 7) is 0. The van der Waals surface area contributed by atoms with Gasteiger partial charge in [-0.3, -0.25) is 14.5 Å². The van der Waals surface area contributed by atoms with Crippen molar-refractivity contribution >= 4 is 23.1 Å². The maximum Gasteiger partial charge on any atom is 0.255 e. The molecule has 0 aliphatic heterocycles. The van der Waals surface area contributed by atoms with E-state index in [0.29, 0.717) is 17.6 Å². The van der Waals surface area contributed by atoms with E-state index in [1.54, 1.807) is 25.1 Å². The first-order valence-corrected chi connectivity index (χ1v) is 10.7. The Morgan fingerprint density at radius 1 is 1.12 bits per heavy atom. The van der Waals surface area contributed by atoms with Crippen molar-refractivity contribution in [3.05, 3.63) is 39.9 Å². The number of phenolic OH excluding ortho intramolecular Hbond substituents is 1. The molecule has 33 heavy (non-hydrogen) atoms. The quantitative estimate of drug-likeness (QED) is 0.209. The SMILES string of the molecule is CN(C)c1cc(N)c(O)c2c1C[C@@H]1CC3[C@@H](N(C)C)C(=O)C(C(N)=O)=C(O)[C@]3(O)C(O)=C1C2. The summed E-state index contributed by atoms with van der Waals surface area (Å²) in [6, 6.07) is 0.717. The lowest BCUT2D eigenvalue weighted by Crippen LogP contribution is -2.62. The van der Waals surface area contributed by atoms with Gasteiger partial charge in [0.05, 0.1) is 11.7 Å². The highest BCUT2D eigenvalue weighted by atomic mass is 16.4. The summed E-state index contributed by atoms with van der Waals surface area (Å²) in [5.41, 5.74) is 11.2. The molecule has 10 heteroatoms.